The molecule has 0 aromatic heterocycles. The normalized spacial score (nSPS) is 10.0. The molecule has 0 fully saturated rings. The van der Waals surface area contributed by atoms with E-state index in [9.17, 15) is 0 Å². The van der Waals surface area contributed by atoms with Crippen molar-refractivity contribution in [1.29, 1.82) is 0 Å². The van der Waals surface area contributed by atoms with Gasteiger partial charge in [0.2, 0.25) is 0 Å². The van der Waals surface area contributed by atoms with Gasteiger partial charge in [0.05, 0.1) is 5.54 Å². The molecule has 2 heteroatoms. The molecule has 0 aliphatic rings. The summed E-state index contributed by atoms with van der Waals surface area (Å²) in [5.74, 6) is 0. The minimum Gasteiger partial charge on any atom is -0.353 e. The molecule has 0 rings (SSSR count). The van der Waals surface area contributed by atoms with Gasteiger partial charge in [-0.25, -0.2) is 0 Å². The van der Waals surface area contributed by atoms with Crippen LogP contribution in [0.1, 0.15) is 20.8 Å². The van der Waals surface area contributed by atoms with E-state index < -0.39 is 0 Å². The maximum atomic E-state index is 3.77. The molecule has 0 spiro atoms. The van der Waals surface area contributed by atoms with Gasteiger partial charge in [-0.05, 0) is 20.8 Å². The van der Waals surface area contributed by atoms with Crippen LogP contribution in [0.5, 0.6) is 0 Å². The third-order valence-electron chi connectivity index (χ3n) is 0. The highest BCUT2D eigenvalue weighted by atomic mass is 19.0. The fourth-order valence-corrected chi connectivity index (χ4v) is 0. The van der Waals surface area contributed by atoms with Crippen LogP contribution in [0.25, 0.3) is 0 Å². The van der Waals surface area contributed by atoms with Gasteiger partial charge in [-0.1, -0.05) is 0 Å². The molecule has 0 unspecified atom stereocenters. The van der Waals surface area contributed by atoms with Crippen LogP contribution in [0.15, 0.2) is 0 Å². The van der Waals surface area contributed by atoms with E-state index in [1.165, 1.54) is 0 Å². The molecule has 0 saturated heterocycles. The summed E-state index contributed by atoms with van der Waals surface area (Å²) < 4.78 is 0. The molecule has 0 aliphatic heterocycles. The fourth-order valence-electron chi connectivity index (χ4n) is 0. The second-order valence-electron chi connectivity index (χ2n) is 2.56. The van der Waals surface area contributed by atoms with E-state index in [2.05, 4.69) is 26.5 Å². The zero-order valence-corrected chi connectivity index (χ0v) is 4.62. The molecule has 0 saturated carbocycles. The van der Waals surface area contributed by atoms with Crippen LogP contribution >= 0.6 is 0 Å². The Balaban J connectivity index is 0. The highest BCUT2D eigenvalue weighted by molar-refractivity contribution is 4.48. The Kier molecular flexibility index (Phi) is 3.31. The van der Waals surface area contributed by atoms with Gasteiger partial charge in [-0.2, -0.15) is 0 Å². The predicted molar refractivity (Wildman–Crippen MR) is 25.1 cm³/mol. The SMILES string of the molecule is CC(C)(C)[NH3+].F. The Morgan fingerprint density at radius 2 is 1.17 bits per heavy atom. The highest BCUT2D eigenvalue weighted by Gasteiger charge is 2.00. The average Bonchev–Trinajstić information content (AvgIpc) is 0.722. The molecule has 40 valence electrons. The number of rotatable bonds is 0. The summed E-state index contributed by atoms with van der Waals surface area (Å²) in [5, 5.41) is 0. The molecule has 0 aromatic rings. The maximum absolute atomic E-state index is 3.77. The van der Waals surface area contributed by atoms with Gasteiger partial charge >= 0.3 is 0 Å². The summed E-state index contributed by atoms with van der Waals surface area (Å²) >= 11 is 0. The highest BCUT2D eigenvalue weighted by Crippen LogP contribution is 1.84. The van der Waals surface area contributed by atoms with Crippen molar-refractivity contribution in [2.45, 2.75) is 26.3 Å². The largest absolute Gasteiger partial charge is 0.353 e. The molecule has 0 heterocycles. The van der Waals surface area contributed by atoms with E-state index in [0.717, 1.165) is 0 Å². The van der Waals surface area contributed by atoms with E-state index in [0.29, 0.717) is 0 Å². The Bertz CT molecular complexity index is 23.0. The zero-order valence-electron chi connectivity index (χ0n) is 4.62. The van der Waals surface area contributed by atoms with Crippen LogP contribution in [0.3, 0.4) is 0 Å². The maximum Gasteiger partial charge on any atom is 0.0860 e. The van der Waals surface area contributed by atoms with Crippen LogP contribution < -0.4 is 5.73 Å². The second-order valence-corrected chi connectivity index (χ2v) is 2.56. The van der Waals surface area contributed by atoms with Crippen molar-refractivity contribution in [3.8, 4) is 0 Å². The third-order valence-corrected chi connectivity index (χ3v) is 0. The Morgan fingerprint density at radius 1 is 1.17 bits per heavy atom. The Labute approximate surface area is 37.9 Å². The molecule has 0 aliphatic carbocycles. The molecular weight excluding hydrogens is 81.0 g/mol. The second kappa shape index (κ2) is 2.13. The van der Waals surface area contributed by atoms with Crippen molar-refractivity contribution in [3.63, 3.8) is 0 Å². The fraction of sp³-hybridized carbons (Fsp3) is 1.00. The first-order chi connectivity index (χ1) is 2.00. The Morgan fingerprint density at radius 3 is 1.17 bits per heavy atom. The van der Waals surface area contributed by atoms with Crippen LogP contribution in [-0.4, -0.2) is 5.54 Å². The van der Waals surface area contributed by atoms with Crippen molar-refractivity contribution in [2.75, 3.05) is 0 Å². The van der Waals surface area contributed by atoms with Gasteiger partial charge < -0.3 is 5.73 Å². The minimum absolute atomic E-state index is 0. The van der Waals surface area contributed by atoms with Crippen molar-refractivity contribution in [3.05, 3.63) is 0 Å². The standard InChI is InChI=1S/C4H11N.FH/c1-4(2,3)5;/h5H2,1-3H3;1H/p+1. The molecule has 3 N–H and O–H groups in total. The number of hydrogen-bond donors (Lipinski definition) is 1. The molecular formula is C4H13FN+. The number of quaternary nitrogens is 1. The van der Waals surface area contributed by atoms with Crippen molar-refractivity contribution < 1.29 is 10.4 Å². The monoisotopic (exact) mass is 94.1 g/mol. The van der Waals surface area contributed by atoms with Crippen molar-refractivity contribution in [1.82, 2.24) is 0 Å². The van der Waals surface area contributed by atoms with Crippen LogP contribution in [-0.2, 0) is 0 Å². The quantitative estimate of drug-likeness (QED) is 0.443. The first-order valence-corrected chi connectivity index (χ1v) is 1.85. The summed E-state index contributed by atoms with van der Waals surface area (Å²) in [6.45, 7) is 6.23. The molecule has 6 heavy (non-hydrogen) atoms. The lowest BCUT2D eigenvalue weighted by Crippen LogP contribution is -2.67. The van der Waals surface area contributed by atoms with Gasteiger partial charge in [0.25, 0.3) is 0 Å². The molecule has 0 amide bonds. The third kappa shape index (κ3) is 2690. The van der Waals surface area contributed by atoms with Gasteiger partial charge in [0.1, 0.15) is 0 Å². The minimum atomic E-state index is 0. The number of hydrogen-bond acceptors (Lipinski definition) is 0. The van der Waals surface area contributed by atoms with Crippen LogP contribution in [0.4, 0.5) is 4.70 Å². The van der Waals surface area contributed by atoms with E-state index in [1.807, 2.05) is 0 Å². The lowest BCUT2D eigenvalue weighted by Gasteiger charge is -2.01. The molecule has 0 bridgehead atoms. The lowest BCUT2D eigenvalue weighted by molar-refractivity contribution is -0.458. The van der Waals surface area contributed by atoms with Crippen molar-refractivity contribution in [2.24, 2.45) is 0 Å². The molecule has 0 radical (unpaired) electrons. The van der Waals surface area contributed by atoms with Crippen molar-refractivity contribution >= 4 is 0 Å². The number of halogens is 1. The van der Waals surface area contributed by atoms with Gasteiger partial charge in [-0.3, -0.25) is 4.70 Å². The summed E-state index contributed by atoms with van der Waals surface area (Å²) in [7, 11) is 0. The van der Waals surface area contributed by atoms with Gasteiger partial charge in [-0.15, -0.1) is 0 Å². The summed E-state index contributed by atoms with van der Waals surface area (Å²) in [5.41, 5.74) is 4.02. The van der Waals surface area contributed by atoms with Crippen LogP contribution in [0.2, 0.25) is 0 Å². The van der Waals surface area contributed by atoms with Gasteiger partial charge in [0, 0.05) is 0 Å². The summed E-state index contributed by atoms with van der Waals surface area (Å²) in [6, 6.07) is 0. The molecule has 0 aromatic carbocycles. The van der Waals surface area contributed by atoms with E-state index in [1.54, 1.807) is 0 Å². The van der Waals surface area contributed by atoms with E-state index >= 15 is 0 Å². The topological polar surface area (TPSA) is 27.6 Å². The first-order valence-electron chi connectivity index (χ1n) is 1.85. The smallest absolute Gasteiger partial charge is 0.0860 e. The zero-order chi connectivity index (χ0) is 4.50. The first kappa shape index (κ1) is 9.31. The van der Waals surface area contributed by atoms with E-state index in [-0.39, 0.29) is 10.2 Å². The lowest BCUT2D eigenvalue weighted by atomic mass is 10.1. The molecule has 0 atom stereocenters. The molecule has 1 nitrogen and oxygen atoms in total. The summed E-state index contributed by atoms with van der Waals surface area (Å²) in [4.78, 5) is 0. The Hall–Kier alpha value is -0.110. The van der Waals surface area contributed by atoms with Gasteiger partial charge in [0.15, 0.2) is 0 Å². The van der Waals surface area contributed by atoms with Crippen LogP contribution in [0, 0.1) is 0 Å². The van der Waals surface area contributed by atoms with E-state index in [4.69, 9.17) is 0 Å². The predicted octanol–water partition coefficient (Wildman–Crippen LogP) is 0.179. The summed E-state index contributed by atoms with van der Waals surface area (Å²) in [6.07, 6.45) is 0. The average molecular weight is 94.2 g/mol.